The van der Waals surface area contributed by atoms with Gasteiger partial charge in [0.15, 0.2) is 0 Å². The van der Waals surface area contributed by atoms with Gasteiger partial charge in [0, 0.05) is 37.5 Å². The Labute approximate surface area is 147 Å². The summed E-state index contributed by atoms with van der Waals surface area (Å²) in [5.74, 6) is -0.449. The Morgan fingerprint density at radius 1 is 1.24 bits per heavy atom. The van der Waals surface area contributed by atoms with Gasteiger partial charge in [-0.25, -0.2) is 0 Å². The molecular weight excluding hydrogens is 318 g/mol. The van der Waals surface area contributed by atoms with Crippen molar-refractivity contribution in [1.29, 1.82) is 0 Å². The van der Waals surface area contributed by atoms with Crippen molar-refractivity contribution in [2.75, 3.05) is 13.1 Å². The zero-order chi connectivity index (χ0) is 17.6. The smallest absolute Gasteiger partial charge is 0.303 e. The number of piperidine rings is 1. The summed E-state index contributed by atoms with van der Waals surface area (Å²) in [4.78, 5) is 25.3. The van der Waals surface area contributed by atoms with Crippen molar-refractivity contribution < 1.29 is 14.7 Å². The quantitative estimate of drug-likeness (QED) is 0.876. The third-order valence-electron chi connectivity index (χ3n) is 4.68. The topological polar surface area (TPSA) is 75.4 Å². The van der Waals surface area contributed by atoms with Crippen molar-refractivity contribution in [1.82, 2.24) is 14.7 Å². The summed E-state index contributed by atoms with van der Waals surface area (Å²) in [5, 5.41) is 13.0. The summed E-state index contributed by atoms with van der Waals surface area (Å²) in [6, 6.07) is 9.53. The fourth-order valence-corrected chi connectivity index (χ4v) is 3.33. The molecule has 0 saturated carbocycles. The number of carbonyl (C=O) groups excluding carboxylic acids is 1. The van der Waals surface area contributed by atoms with Gasteiger partial charge in [0.2, 0.25) is 0 Å². The van der Waals surface area contributed by atoms with Crippen molar-refractivity contribution in [3.05, 3.63) is 53.9 Å². The molecule has 1 aromatic carbocycles. The molecule has 1 aromatic heterocycles. The Morgan fingerprint density at radius 2 is 2.04 bits per heavy atom. The molecule has 6 nitrogen and oxygen atoms in total. The van der Waals surface area contributed by atoms with Gasteiger partial charge in [-0.2, -0.15) is 5.10 Å². The van der Waals surface area contributed by atoms with E-state index in [1.54, 1.807) is 6.20 Å². The molecular formula is C19H23N3O3. The van der Waals surface area contributed by atoms with E-state index in [1.165, 1.54) is 0 Å². The van der Waals surface area contributed by atoms with Crippen molar-refractivity contribution in [3.8, 4) is 0 Å². The zero-order valence-corrected chi connectivity index (χ0v) is 14.2. The van der Waals surface area contributed by atoms with Crippen LogP contribution in [0.15, 0.2) is 42.7 Å². The first-order chi connectivity index (χ1) is 12.1. The predicted octanol–water partition coefficient (Wildman–Crippen LogP) is 2.65. The molecule has 0 aliphatic carbocycles. The highest BCUT2D eigenvalue weighted by molar-refractivity contribution is 5.94. The molecule has 1 N–H and O–H groups in total. The number of hydrogen-bond acceptors (Lipinski definition) is 3. The number of benzene rings is 1. The van der Waals surface area contributed by atoms with Crippen LogP contribution in [0, 0.1) is 5.92 Å². The molecule has 132 valence electrons. The molecule has 6 heteroatoms. The molecule has 1 fully saturated rings. The zero-order valence-electron chi connectivity index (χ0n) is 14.2. The molecule has 1 aliphatic rings. The molecule has 0 spiro atoms. The number of carboxylic acid groups (broad SMARTS) is 1. The molecule has 1 aliphatic heterocycles. The lowest BCUT2D eigenvalue weighted by Crippen LogP contribution is -2.40. The van der Waals surface area contributed by atoms with Gasteiger partial charge >= 0.3 is 5.97 Å². The Hall–Kier alpha value is -2.63. The molecule has 2 heterocycles. The van der Waals surface area contributed by atoms with Crippen LogP contribution in [0.25, 0.3) is 0 Å². The summed E-state index contributed by atoms with van der Waals surface area (Å²) in [6.07, 6.45) is 6.41. The lowest BCUT2D eigenvalue weighted by molar-refractivity contribution is -0.137. The van der Waals surface area contributed by atoms with Gasteiger partial charge < -0.3 is 10.0 Å². The minimum absolute atomic E-state index is 0.0330. The third-order valence-corrected chi connectivity index (χ3v) is 4.68. The molecule has 1 saturated heterocycles. The summed E-state index contributed by atoms with van der Waals surface area (Å²) < 4.78 is 1.84. The lowest BCUT2D eigenvalue weighted by Gasteiger charge is -2.32. The maximum atomic E-state index is 12.7. The number of likely N-dealkylation sites (tertiary alicyclic amines) is 1. The van der Waals surface area contributed by atoms with E-state index in [0.29, 0.717) is 25.1 Å². The van der Waals surface area contributed by atoms with Gasteiger partial charge in [-0.1, -0.05) is 12.1 Å². The van der Waals surface area contributed by atoms with Crippen molar-refractivity contribution >= 4 is 11.9 Å². The molecule has 0 radical (unpaired) electrons. The number of aromatic nitrogens is 2. The van der Waals surface area contributed by atoms with Crippen molar-refractivity contribution in [3.63, 3.8) is 0 Å². The monoisotopic (exact) mass is 341 g/mol. The highest BCUT2D eigenvalue weighted by Crippen LogP contribution is 2.22. The normalized spacial score (nSPS) is 17.4. The third kappa shape index (κ3) is 4.68. The van der Waals surface area contributed by atoms with Gasteiger partial charge in [-0.3, -0.25) is 14.3 Å². The van der Waals surface area contributed by atoms with E-state index in [-0.39, 0.29) is 18.2 Å². The summed E-state index contributed by atoms with van der Waals surface area (Å²) >= 11 is 0. The maximum Gasteiger partial charge on any atom is 0.303 e. The van der Waals surface area contributed by atoms with Crippen LogP contribution < -0.4 is 0 Å². The Kier molecular flexibility index (Phi) is 5.48. The number of amides is 1. The average molecular weight is 341 g/mol. The van der Waals surface area contributed by atoms with E-state index in [0.717, 1.165) is 24.9 Å². The minimum atomic E-state index is -0.767. The first-order valence-corrected chi connectivity index (χ1v) is 8.69. The molecule has 2 aromatic rings. The molecule has 0 bridgehead atoms. The second-order valence-corrected chi connectivity index (χ2v) is 6.59. The van der Waals surface area contributed by atoms with Crippen LogP contribution in [0.5, 0.6) is 0 Å². The molecule has 0 unspecified atom stereocenters. The van der Waals surface area contributed by atoms with Crippen LogP contribution in [-0.2, 0) is 11.3 Å². The minimum Gasteiger partial charge on any atom is -0.481 e. The maximum absolute atomic E-state index is 12.7. The van der Waals surface area contributed by atoms with Crippen LogP contribution in [0.1, 0.15) is 41.6 Å². The van der Waals surface area contributed by atoms with Crippen LogP contribution in [-0.4, -0.2) is 44.8 Å². The van der Waals surface area contributed by atoms with Gasteiger partial charge in [-0.05, 0) is 48.9 Å². The largest absolute Gasteiger partial charge is 0.481 e. The summed E-state index contributed by atoms with van der Waals surface area (Å²) in [5.41, 5.74) is 1.78. The van der Waals surface area contributed by atoms with E-state index in [9.17, 15) is 9.59 Å². The van der Waals surface area contributed by atoms with E-state index in [2.05, 4.69) is 5.10 Å². The highest BCUT2D eigenvalue weighted by Gasteiger charge is 2.24. The number of hydrogen-bond donors (Lipinski definition) is 1. The van der Waals surface area contributed by atoms with Crippen molar-refractivity contribution in [2.24, 2.45) is 5.92 Å². The van der Waals surface area contributed by atoms with E-state index in [4.69, 9.17) is 5.11 Å². The lowest BCUT2D eigenvalue weighted by atomic mass is 9.93. The summed E-state index contributed by atoms with van der Waals surface area (Å²) in [7, 11) is 0. The van der Waals surface area contributed by atoms with E-state index < -0.39 is 5.97 Å². The fourth-order valence-electron chi connectivity index (χ4n) is 3.33. The molecule has 25 heavy (non-hydrogen) atoms. The van der Waals surface area contributed by atoms with Gasteiger partial charge in [0.1, 0.15) is 0 Å². The van der Waals surface area contributed by atoms with Crippen LogP contribution in [0.2, 0.25) is 0 Å². The van der Waals surface area contributed by atoms with Crippen LogP contribution in [0.3, 0.4) is 0 Å². The summed E-state index contributed by atoms with van der Waals surface area (Å²) in [6.45, 7) is 2.08. The fraction of sp³-hybridized carbons (Fsp3) is 0.421. The first-order valence-electron chi connectivity index (χ1n) is 8.69. The Balaban J connectivity index is 1.59. The van der Waals surface area contributed by atoms with E-state index in [1.807, 2.05) is 46.1 Å². The predicted molar refractivity (Wildman–Crippen MR) is 93.3 cm³/mol. The van der Waals surface area contributed by atoms with Crippen LogP contribution >= 0.6 is 0 Å². The van der Waals surface area contributed by atoms with Crippen molar-refractivity contribution in [2.45, 2.75) is 32.2 Å². The SMILES string of the molecule is O=C(O)CC[C@H]1CCCN(C(=O)c2ccc(Cn3cccn3)cc2)C1. The second-order valence-electron chi connectivity index (χ2n) is 6.59. The van der Waals surface area contributed by atoms with E-state index >= 15 is 0 Å². The molecule has 1 atom stereocenters. The van der Waals surface area contributed by atoms with Gasteiger partial charge in [-0.15, -0.1) is 0 Å². The Morgan fingerprint density at radius 3 is 2.72 bits per heavy atom. The number of aliphatic carboxylic acids is 1. The molecule has 3 rings (SSSR count). The number of carbonyl (C=O) groups is 2. The number of rotatable bonds is 6. The van der Waals surface area contributed by atoms with Gasteiger partial charge in [0.25, 0.3) is 5.91 Å². The number of carboxylic acids is 1. The highest BCUT2D eigenvalue weighted by atomic mass is 16.4. The standard InChI is InChI=1S/C19H23N3O3/c23-18(24)9-6-15-3-1-11-21(13-15)19(25)17-7-4-16(5-8-17)14-22-12-2-10-20-22/h2,4-5,7-8,10,12,15H,1,3,6,9,11,13-14H2,(H,23,24)/t15-/m1/s1. The average Bonchev–Trinajstić information content (AvgIpc) is 3.13. The first kappa shape index (κ1) is 17.2. The van der Waals surface area contributed by atoms with Crippen LogP contribution in [0.4, 0.5) is 0 Å². The Bertz CT molecular complexity index is 710. The van der Waals surface area contributed by atoms with Gasteiger partial charge in [0.05, 0.1) is 6.54 Å². The second kappa shape index (κ2) is 7.96. The molecule has 1 amide bonds. The number of nitrogens with zero attached hydrogens (tertiary/aromatic N) is 3.